The summed E-state index contributed by atoms with van der Waals surface area (Å²) in [6.45, 7) is 6.47. The molecule has 0 fully saturated rings. The van der Waals surface area contributed by atoms with Crippen LogP contribution in [0.3, 0.4) is 0 Å². The summed E-state index contributed by atoms with van der Waals surface area (Å²) in [4.78, 5) is 25.3. The summed E-state index contributed by atoms with van der Waals surface area (Å²) >= 11 is 1.66. The molecule has 0 aliphatic carbocycles. The maximum Gasteiger partial charge on any atom is 0.243 e. The largest absolute Gasteiger partial charge is 0.350 e. The van der Waals surface area contributed by atoms with Crippen LogP contribution in [0.2, 0.25) is 0 Å². The Bertz CT molecular complexity index is 919. The average molecular weight is 354 g/mol. The van der Waals surface area contributed by atoms with Crippen molar-refractivity contribution in [1.29, 1.82) is 0 Å². The van der Waals surface area contributed by atoms with E-state index in [1.54, 1.807) is 17.7 Å². The third kappa shape index (κ3) is 3.49. The number of fused-ring (bicyclic) bond motifs is 1. The zero-order chi connectivity index (χ0) is 18.0. The molecule has 25 heavy (non-hydrogen) atoms. The monoisotopic (exact) mass is 354 g/mol. The maximum atomic E-state index is 12.5. The number of nitrogens with one attached hydrogen (secondary N) is 1. The van der Waals surface area contributed by atoms with Crippen molar-refractivity contribution < 1.29 is 4.79 Å². The van der Waals surface area contributed by atoms with Gasteiger partial charge in [-0.25, -0.2) is 9.97 Å². The zero-order valence-electron chi connectivity index (χ0n) is 15.0. The molecular formula is C19H22N4OS. The van der Waals surface area contributed by atoms with Gasteiger partial charge in [-0.05, 0) is 37.5 Å². The molecule has 0 saturated carbocycles. The van der Waals surface area contributed by atoms with Crippen LogP contribution in [0, 0.1) is 13.8 Å². The number of carbonyl (C=O) groups excluding carboxylic acids is 1. The van der Waals surface area contributed by atoms with Crippen LogP contribution < -0.4 is 10.2 Å². The van der Waals surface area contributed by atoms with Gasteiger partial charge in [0.25, 0.3) is 0 Å². The van der Waals surface area contributed by atoms with Gasteiger partial charge in [0.15, 0.2) is 0 Å². The third-order valence-electron chi connectivity index (χ3n) is 4.36. The van der Waals surface area contributed by atoms with Crippen LogP contribution in [0.1, 0.15) is 22.9 Å². The molecule has 0 spiro atoms. The molecule has 3 rings (SSSR count). The Morgan fingerprint density at radius 2 is 2.00 bits per heavy atom. The molecule has 1 N–H and O–H groups in total. The number of carbonyl (C=O) groups is 1. The summed E-state index contributed by atoms with van der Waals surface area (Å²) in [7, 11) is 1.89. The van der Waals surface area contributed by atoms with E-state index in [1.807, 2.05) is 36.2 Å². The summed E-state index contributed by atoms with van der Waals surface area (Å²) in [5, 5.41) is 4.04. The number of nitrogens with zero attached hydrogens (tertiary/aromatic N) is 3. The molecule has 2 heterocycles. The summed E-state index contributed by atoms with van der Waals surface area (Å²) in [5.41, 5.74) is 3.19. The molecule has 0 radical (unpaired) electrons. The van der Waals surface area contributed by atoms with Crippen LogP contribution in [-0.2, 0) is 11.2 Å². The van der Waals surface area contributed by atoms with Gasteiger partial charge in [-0.15, -0.1) is 11.3 Å². The first-order valence-corrected chi connectivity index (χ1v) is 9.12. The quantitative estimate of drug-likeness (QED) is 0.754. The van der Waals surface area contributed by atoms with Crippen molar-refractivity contribution in [3.05, 3.63) is 46.6 Å². The molecule has 1 aromatic carbocycles. The zero-order valence-corrected chi connectivity index (χ0v) is 15.8. The van der Waals surface area contributed by atoms with Gasteiger partial charge in [-0.3, -0.25) is 4.79 Å². The van der Waals surface area contributed by atoms with Gasteiger partial charge >= 0.3 is 0 Å². The fraction of sp³-hybridized carbons (Fsp3) is 0.316. The number of hydrogen-bond donors (Lipinski definition) is 1. The Kier molecular flexibility index (Phi) is 4.99. The Balaban J connectivity index is 1.80. The van der Waals surface area contributed by atoms with Gasteiger partial charge in [-0.2, -0.15) is 0 Å². The lowest BCUT2D eigenvalue weighted by Crippen LogP contribution is -2.31. The SMILES string of the molecule is CCc1ccccc1NC(=O)CN(C)c1ncnc2sc(C)c(C)c12. The second kappa shape index (κ2) is 7.19. The summed E-state index contributed by atoms with van der Waals surface area (Å²) in [5.74, 6) is 0.741. The summed E-state index contributed by atoms with van der Waals surface area (Å²) < 4.78 is 0. The van der Waals surface area contributed by atoms with Gasteiger partial charge in [0.05, 0.1) is 11.9 Å². The standard InChI is InChI=1S/C19H22N4OS/c1-5-14-8-6-7-9-15(14)22-16(24)10-23(4)18-17-12(2)13(3)25-19(17)21-11-20-18/h6-9,11H,5,10H2,1-4H3,(H,22,24). The van der Waals surface area contributed by atoms with Crippen LogP contribution in [0.15, 0.2) is 30.6 Å². The lowest BCUT2D eigenvalue weighted by Gasteiger charge is -2.19. The van der Waals surface area contributed by atoms with E-state index in [0.717, 1.165) is 33.7 Å². The number of thiophene rings is 1. The first-order chi connectivity index (χ1) is 12.0. The Labute approximate surface area is 151 Å². The van der Waals surface area contributed by atoms with E-state index in [1.165, 1.54) is 10.4 Å². The van der Waals surface area contributed by atoms with Gasteiger partial charge in [0.2, 0.25) is 5.91 Å². The number of amides is 1. The second-order valence-electron chi connectivity index (χ2n) is 6.08. The molecule has 1 amide bonds. The highest BCUT2D eigenvalue weighted by Gasteiger charge is 2.17. The molecule has 6 heteroatoms. The van der Waals surface area contributed by atoms with E-state index in [-0.39, 0.29) is 12.5 Å². The smallest absolute Gasteiger partial charge is 0.243 e. The average Bonchev–Trinajstić information content (AvgIpc) is 2.89. The number of para-hydroxylation sites is 1. The highest BCUT2D eigenvalue weighted by molar-refractivity contribution is 7.18. The molecule has 5 nitrogen and oxygen atoms in total. The lowest BCUT2D eigenvalue weighted by atomic mass is 10.1. The van der Waals surface area contributed by atoms with Crippen LogP contribution in [0.4, 0.5) is 11.5 Å². The number of benzene rings is 1. The van der Waals surface area contributed by atoms with Crippen molar-refractivity contribution in [3.63, 3.8) is 0 Å². The second-order valence-corrected chi connectivity index (χ2v) is 7.28. The summed E-state index contributed by atoms with van der Waals surface area (Å²) in [6, 6.07) is 7.89. The van der Waals surface area contributed by atoms with Crippen LogP contribution >= 0.6 is 11.3 Å². The summed E-state index contributed by atoms with van der Waals surface area (Å²) in [6.07, 6.45) is 2.44. The Morgan fingerprint density at radius 1 is 1.24 bits per heavy atom. The van der Waals surface area contributed by atoms with Crippen LogP contribution in [0.25, 0.3) is 10.2 Å². The van der Waals surface area contributed by atoms with E-state index >= 15 is 0 Å². The van der Waals surface area contributed by atoms with Gasteiger partial charge < -0.3 is 10.2 Å². The fourth-order valence-electron chi connectivity index (χ4n) is 2.88. The number of aromatic nitrogens is 2. The molecule has 130 valence electrons. The number of likely N-dealkylation sites (N-methyl/N-ethyl adjacent to an activating group) is 1. The normalized spacial score (nSPS) is 10.9. The van der Waals surface area contributed by atoms with Crippen molar-refractivity contribution in [1.82, 2.24) is 9.97 Å². The maximum absolute atomic E-state index is 12.5. The minimum absolute atomic E-state index is 0.0558. The molecule has 2 aromatic heterocycles. The molecule has 0 unspecified atom stereocenters. The molecule has 3 aromatic rings. The van der Waals surface area contributed by atoms with Gasteiger partial charge in [0, 0.05) is 17.6 Å². The topological polar surface area (TPSA) is 58.1 Å². The van der Waals surface area contributed by atoms with E-state index in [4.69, 9.17) is 0 Å². The molecule has 0 atom stereocenters. The number of aryl methyl sites for hydroxylation is 3. The molecule has 0 bridgehead atoms. The van der Waals surface area contributed by atoms with E-state index in [9.17, 15) is 4.79 Å². The van der Waals surface area contributed by atoms with Crippen molar-refractivity contribution in [2.75, 3.05) is 23.8 Å². The highest BCUT2D eigenvalue weighted by atomic mass is 32.1. The first-order valence-electron chi connectivity index (χ1n) is 8.30. The molecule has 0 aliphatic heterocycles. The van der Waals surface area contributed by atoms with Gasteiger partial charge in [0.1, 0.15) is 17.0 Å². The number of hydrogen-bond acceptors (Lipinski definition) is 5. The minimum atomic E-state index is -0.0558. The van der Waals surface area contributed by atoms with E-state index in [0.29, 0.717) is 0 Å². The van der Waals surface area contributed by atoms with Crippen LogP contribution in [-0.4, -0.2) is 29.5 Å². The van der Waals surface area contributed by atoms with E-state index < -0.39 is 0 Å². The Hall–Kier alpha value is -2.47. The van der Waals surface area contributed by atoms with Crippen molar-refractivity contribution in [2.45, 2.75) is 27.2 Å². The van der Waals surface area contributed by atoms with Crippen molar-refractivity contribution in [2.24, 2.45) is 0 Å². The first kappa shape index (κ1) is 17.4. The molecule has 0 aliphatic rings. The Morgan fingerprint density at radius 3 is 2.76 bits per heavy atom. The molecular weight excluding hydrogens is 332 g/mol. The third-order valence-corrected chi connectivity index (χ3v) is 5.48. The van der Waals surface area contributed by atoms with Gasteiger partial charge in [-0.1, -0.05) is 25.1 Å². The van der Waals surface area contributed by atoms with E-state index in [2.05, 4.69) is 36.1 Å². The number of rotatable bonds is 5. The van der Waals surface area contributed by atoms with Crippen molar-refractivity contribution in [3.8, 4) is 0 Å². The van der Waals surface area contributed by atoms with Crippen molar-refractivity contribution >= 4 is 39.0 Å². The minimum Gasteiger partial charge on any atom is -0.350 e. The highest BCUT2D eigenvalue weighted by Crippen LogP contribution is 2.33. The number of anilines is 2. The molecule has 0 saturated heterocycles. The predicted octanol–water partition coefficient (Wildman–Crippen LogP) is 3.95. The fourth-order valence-corrected chi connectivity index (χ4v) is 3.88. The lowest BCUT2D eigenvalue weighted by molar-refractivity contribution is -0.114. The predicted molar refractivity (Wildman–Crippen MR) is 105 cm³/mol. The van der Waals surface area contributed by atoms with Crippen LogP contribution in [0.5, 0.6) is 0 Å².